The molecule has 0 aliphatic carbocycles. The number of rotatable bonds is 6. The predicted molar refractivity (Wildman–Crippen MR) is 84.9 cm³/mol. The number of nitro groups is 1. The van der Waals surface area contributed by atoms with Crippen molar-refractivity contribution in [2.45, 2.75) is 19.8 Å². The van der Waals surface area contributed by atoms with E-state index in [4.69, 9.17) is 4.74 Å². The van der Waals surface area contributed by atoms with E-state index in [2.05, 4.69) is 0 Å². The van der Waals surface area contributed by atoms with Gasteiger partial charge >= 0.3 is 5.97 Å². The van der Waals surface area contributed by atoms with Crippen LogP contribution in [-0.2, 0) is 16.0 Å². The smallest absolute Gasteiger partial charge is 0.313 e. The highest BCUT2D eigenvalue weighted by atomic mass is 16.6. The number of nitro benzene ring substituents is 1. The Bertz CT molecular complexity index is 675. The van der Waals surface area contributed by atoms with Crippen molar-refractivity contribution in [1.29, 1.82) is 0 Å². The second-order valence-electron chi connectivity index (χ2n) is 5.95. The van der Waals surface area contributed by atoms with Crippen molar-refractivity contribution < 1.29 is 24.4 Å². The maximum Gasteiger partial charge on any atom is 0.313 e. The number of carboxylic acids is 1. The second-order valence-corrected chi connectivity index (χ2v) is 5.95. The number of likely N-dealkylation sites (tertiary alicyclic amines) is 1. The largest absolute Gasteiger partial charge is 0.481 e. The highest BCUT2D eigenvalue weighted by molar-refractivity contribution is 5.95. The predicted octanol–water partition coefficient (Wildman–Crippen LogP) is 1.72. The molecule has 1 amide bonds. The lowest BCUT2D eigenvalue weighted by molar-refractivity contribution is -0.385. The third-order valence-corrected chi connectivity index (χ3v) is 4.43. The number of amides is 1. The first-order valence-corrected chi connectivity index (χ1v) is 7.63. The molecule has 1 N–H and O–H groups in total. The molecule has 8 nitrogen and oxygen atoms in total. The number of hydrogen-bond donors (Lipinski definition) is 1. The van der Waals surface area contributed by atoms with Crippen molar-refractivity contribution in [3.05, 3.63) is 39.4 Å². The lowest BCUT2D eigenvalue weighted by atomic mass is 9.88. The molecule has 1 unspecified atom stereocenters. The second kappa shape index (κ2) is 6.96. The molecule has 1 saturated heterocycles. The first-order valence-electron chi connectivity index (χ1n) is 7.63. The Balaban J connectivity index is 2.26. The van der Waals surface area contributed by atoms with Crippen LogP contribution in [-0.4, -0.2) is 53.6 Å². The quantitative estimate of drug-likeness (QED) is 0.625. The molecule has 1 heterocycles. The average Bonchev–Trinajstić information content (AvgIpc) is 2.99. The van der Waals surface area contributed by atoms with E-state index in [0.717, 1.165) is 0 Å². The van der Waals surface area contributed by atoms with Crippen LogP contribution < -0.4 is 0 Å². The summed E-state index contributed by atoms with van der Waals surface area (Å²) in [7, 11) is 1.42. The summed E-state index contributed by atoms with van der Waals surface area (Å²) in [5, 5.41) is 20.6. The molecule has 1 atom stereocenters. The van der Waals surface area contributed by atoms with Gasteiger partial charge in [-0.25, -0.2) is 0 Å². The summed E-state index contributed by atoms with van der Waals surface area (Å²) in [5.41, 5.74) is -0.474. The van der Waals surface area contributed by atoms with E-state index < -0.39 is 22.2 Å². The standard InChI is InChI=1S/C16H20N2O6/c1-3-11-4-5-12(8-13(11)18(22)23)14(19)17-7-6-16(9-17,10-24-2)15(20)21/h4-5,8H,3,6-7,9-10H2,1-2H3,(H,20,21). The Labute approximate surface area is 139 Å². The molecule has 24 heavy (non-hydrogen) atoms. The molecule has 2 rings (SSSR count). The maximum atomic E-state index is 12.6. The summed E-state index contributed by atoms with van der Waals surface area (Å²) < 4.78 is 5.00. The van der Waals surface area contributed by atoms with Crippen LogP contribution in [0.3, 0.4) is 0 Å². The lowest BCUT2D eigenvalue weighted by Crippen LogP contribution is -2.40. The van der Waals surface area contributed by atoms with Gasteiger partial charge in [-0.2, -0.15) is 0 Å². The fraction of sp³-hybridized carbons (Fsp3) is 0.500. The summed E-state index contributed by atoms with van der Waals surface area (Å²) in [4.78, 5) is 36.2. The van der Waals surface area contributed by atoms with Crippen LogP contribution in [0.25, 0.3) is 0 Å². The number of carbonyl (C=O) groups excluding carboxylic acids is 1. The van der Waals surface area contributed by atoms with Crippen LogP contribution in [0.2, 0.25) is 0 Å². The molecule has 0 spiro atoms. The monoisotopic (exact) mass is 336 g/mol. The molecule has 0 saturated carbocycles. The van der Waals surface area contributed by atoms with Gasteiger partial charge in [-0.15, -0.1) is 0 Å². The lowest BCUT2D eigenvalue weighted by Gasteiger charge is -2.23. The van der Waals surface area contributed by atoms with Gasteiger partial charge in [-0.05, 0) is 18.9 Å². The van der Waals surface area contributed by atoms with Crippen molar-refractivity contribution in [2.75, 3.05) is 26.8 Å². The molecule has 1 aromatic rings. The third kappa shape index (κ3) is 3.23. The van der Waals surface area contributed by atoms with Crippen molar-refractivity contribution in [1.82, 2.24) is 4.90 Å². The molecule has 1 fully saturated rings. The molecular weight excluding hydrogens is 316 g/mol. The first kappa shape index (κ1) is 17.9. The van der Waals surface area contributed by atoms with Gasteiger partial charge in [0.1, 0.15) is 5.41 Å². The summed E-state index contributed by atoms with van der Waals surface area (Å²) in [6, 6.07) is 4.38. The molecule has 0 radical (unpaired) electrons. The fourth-order valence-electron chi connectivity index (χ4n) is 3.02. The van der Waals surface area contributed by atoms with Crippen LogP contribution in [0.15, 0.2) is 18.2 Å². The summed E-state index contributed by atoms with van der Waals surface area (Å²) in [6.45, 7) is 2.12. The molecule has 130 valence electrons. The van der Waals surface area contributed by atoms with Gasteiger partial charge in [-0.1, -0.05) is 13.0 Å². The van der Waals surface area contributed by atoms with Gasteiger partial charge in [0, 0.05) is 37.4 Å². The number of benzene rings is 1. The molecule has 1 aliphatic heterocycles. The first-order chi connectivity index (χ1) is 11.3. The van der Waals surface area contributed by atoms with Crippen molar-refractivity contribution in [3.63, 3.8) is 0 Å². The number of ether oxygens (including phenoxy) is 1. The molecule has 8 heteroatoms. The van der Waals surface area contributed by atoms with E-state index >= 15 is 0 Å². The van der Waals surface area contributed by atoms with E-state index in [1.54, 1.807) is 19.1 Å². The minimum atomic E-state index is -1.13. The highest BCUT2D eigenvalue weighted by Gasteiger charge is 2.46. The van der Waals surface area contributed by atoms with Crippen molar-refractivity contribution in [2.24, 2.45) is 5.41 Å². The van der Waals surface area contributed by atoms with E-state index in [1.807, 2.05) is 0 Å². The minimum Gasteiger partial charge on any atom is -0.481 e. The van der Waals surface area contributed by atoms with Crippen LogP contribution in [0, 0.1) is 15.5 Å². The summed E-state index contributed by atoms with van der Waals surface area (Å²) in [5.74, 6) is -1.41. The Morgan fingerprint density at radius 3 is 2.71 bits per heavy atom. The SMILES string of the molecule is CCc1ccc(C(=O)N2CCC(COC)(C(=O)O)C2)cc1[N+](=O)[O-]. The van der Waals surface area contributed by atoms with Crippen molar-refractivity contribution in [3.8, 4) is 0 Å². The third-order valence-electron chi connectivity index (χ3n) is 4.43. The molecule has 1 aliphatic rings. The van der Waals surface area contributed by atoms with E-state index in [1.165, 1.54) is 18.1 Å². The number of nitrogens with zero attached hydrogens (tertiary/aromatic N) is 2. The number of aryl methyl sites for hydroxylation is 1. The van der Waals surface area contributed by atoms with Crippen molar-refractivity contribution >= 4 is 17.6 Å². The normalized spacial score (nSPS) is 20.2. The molecule has 0 aromatic heterocycles. The summed E-state index contributed by atoms with van der Waals surface area (Å²) in [6.07, 6.45) is 0.779. The summed E-state index contributed by atoms with van der Waals surface area (Å²) >= 11 is 0. The Hall–Kier alpha value is -2.48. The average molecular weight is 336 g/mol. The number of carboxylic acid groups (broad SMARTS) is 1. The number of carbonyl (C=O) groups is 2. The molecule has 1 aromatic carbocycles. The van der Waals surface area contributed by atoms with Crippen LogP contribution in [0.1, 0.15) is 29.3 Å². The van der Waals surface area contributed by atoms with Crippen LogP contribution in [0.4, 0.5) is 5.69 Å². The Morgan fingerprint density at radius 1 is 1.46 bits per heavy atom. The van der Waals surface area contributed by atoms with Gasteiger partial charge in [0.25, 0.3) is 11.6 Å². The minimum absolute atomic E-state index is 0.0149. The fourth-order valence-corrected chi connectivity index (χ4v) is 3.02. The van der Waals surface area contributed by atoms with Gasteiger partial charge in [-0.3, -0.25) is 19.7 Å². The van der Waals surface area contributed by atoms with Gasteiger partial charge < -0.3 is 14.7 Å². The number of hydrogen-bond acceptors (Lipinski definition) is 5. The topological polar surface area (TPSA) is 110 Å². The Morgan fingerprint density at radius 2 is 2.17 bits per heavy atom. The van der Waals surface area contributed by atoms with Crippen LogP contribution in [0.5, 0.6) is 0 Å². The van der Waals surface area contributed by atoms with Gasteiger partial charge in [0.05, 0.1) is 11.5 Å². The molecule has 0 bridgehead atoms. The van der Waals surface area contributed by atoms with Crippen LogP contribution >= 0.6 is 0 Å². The molecular formula is C16H20N2O6. The zero-order valence-corrected chi connectivity index (χ0v) is 13.7. The highest BCUT2D eigenvalue weighted by Crippen LogP contribution is 2.32. The number of methoxy groups -OCH3 is 1. The Kier molecular flexibility index (Phi) is 5.18. The zero-order valence-electron chi connectivity index (χ0n) is 13.7. The maximum absolute atomic E-state index is 12.6. The van der Waals surface area contributed by atoms with Gasteiger partial charge in [0.2, 0.25) is 0 Å². The zero-order chi connectivity index (χ0) is 17.9. The van der Waals surface area contributed by atoms with E-state index in [9.17, 15) is 24.8 Å². The number of aliphatic carboxylic acids is 1. The van der Waals surface area contributed by atoms with Gasteiger partial charge in [0.15, 0.2) is 0 Å². The van der Waals surface area contributed by atoms with E-state index in [-0.39, 0.29) is 37.4 Å². The van der Waals surface area contributed by atoms with E-state index in [0.29, 0.717) is 12.0 Å².